The number of carbonyl (C=O) groups is 1. The molecule has 0 unspecified atom stereocenters. The number of nitrogens with two attached hydrogens (primary N) is 1. The summed E-state index contributed by atoms with van der Waals surface area (Å²) in [5, 5.41) is 0. The van der Waals surface area contributed by atoms with Crippen LogP contribution in [0.4, 0.5) is 11.5 Å². The van der Waals surface area contributed by atoms with Crippen molar-refractivity contribution >= 4 is 17.4 Å². The van der Waals surface area contributed by atoms with Crippen LogP contribution in [0.2, 0.25) is 0 Å². The molecular formula is C22H32N4O4. The zero-order valence-corrected chi connectivity index (χ0v) is 18.3. The largest absolute Gasteiger partial charge is 0.483 e. The molecule has 1 aromatic carbocycles. The first-order chi connectivity index (χ1) is 14.3. The maximum atomic E-state index is 13.0. The van der Waals surface area contributed by atoms with Crippen molar-refractivity contribution in [2.45, 2.75) is 59.9 Å². The summed E-state index contributed by atoms with van der Waals surface area (Å²) in [4.78, 5) is 41.5. The number of carbonyl (C=O) groups excluding carboxylic acids is 1. The van der Waals surface area contributed by atoms with Crippen LogP contribution in [0.5, 0.6) is 5.75 Å². The van der Waals surface area contributed by atoms with E-state index in [1.807, 2.05) is 45.9 Å². The molecule has 0 spiro atoms. The molecule has 164 valence electrons. The molecule has 0 aliphatic carbocycles. The molecule has 1 heterocycles. The predicted octanol–water partition coefficient (Wildman–Crippen LogP) is 2.75. The van der Waals surface area contributed by atoms with Gasteiger partial charge in [-0.05, 0) is 43.9 Å². The highest BCUT2D eigenvalue weighted by Gasteiger charge is 2.24. The van der Waals surface area contributed by atoms with Crippen molar-refractivity contribution in [3.05, 3.63) is 50.2 Å². The van der Waals surface area contributed by atoms with E-state index in [0.29, 0.717) is 25.3 Å². The number of rotatable bonds is 10. The van der Waals surface area contributed by atoms with Crippen LogP contribution >= 0.6 is 0 Å². The summed E-state index contributed by atoms with van der Waals surface area (Å²) in [6, 6.07) is 5.76. The van der Waals surface area contributed by atoms with Gasteiger partial charge < -0.3 is 15.4 Å². The second-order valence-electron chi connectivity index (χ2n) is 7.45. The summed E-state index contributed by atoms with van der Waals surface area (Å²) in [6.07, 6.45) is 3.10. The Labute approximate surface area is 176 Å². The van der Waals surface area contributed by atoms with Crippen LogP contribution in [0.3, 0.4) is 0 Å². The fourth-order valence-electron chi connectivity index (χ4n) is 3.13. The molecule has 0 atom stereocenters. The van der Waals surface area contributed by atoms with Crippen molar-refractivity contribution in [1.29, 1.82) is 0 Å². The van der Waals surface area contributed by atoms with Gasteiger partial charge in [0, 0.05) is 13.1 Å². The number of nitrogens with one attached hydrogen (secondary N) is 1. The van der Waals surface area contributed by atoms with E-state index in [1.165, 1.54) is 9.47 Å². The monoisotopic (exact) mass is 416 g/mol. The van der Waals surface area contributed by atoms with E-state index in [4.69, 9.17) is 10.5 Å². The molecule has 0 aliphatic rings. The molecule has 0 saturated heterocycles. The van der Waals surface area contributed by atoms with Crippen LogP contribution in [0.1, 0.15) is 50.7 Å². The van der Waals surface area contributed by atoms with Crippen molar-refractivity contribution < 1.29 is 9.53 Å². The zero-order valence-electron chi connectivity index (χ0n) is 18.3. The number of hydrogen-bond acceptors (Lipinski definition) is 5. The minimum absolute atomic E-state index is 0.00777. The molecule has 2 rings (SSSR count). The third kappa shape index (κ3) is 5.52. The predicted molar refractivity (Wildman–Crippen MR) is 119 cm³/mol. The number of nitrogens with zero attached hydrogens (tertiary/aromatic N) is 2. The fourth-order valence-corrected chi connectivity index (χ4v) is 3.13. The lowest BCUT2D eigenvalue weighted by molar-refractivity contribution is -0.120. The van der Waals surface area contributed by atoms with Gasteiger partial charge in [-0.15, -0.1) is 0 Å². The number of aromatic nitrogens is 2. The average Bonchev–Trinajstić information content (AvgIpc) is 2.70. The van der Waals surface area contributed by atoms with E-state index >= 15 is 0 Å². The first kappa shape index (κ1) is 23.3. The Balaban J connectivity index is 2.37. The first-order valence-corrected chi connectivity index (χ1v) is 10.4. The van der Waals surface area contributed by atoms with E-state index in [9.17, 15) is 14.4 Å². The van der Waals surface area contributed by atoms with Gasteiger partial charge in [-0.3, -0.25) is 19.1 Å². The van der Waals surface area contributed by atoms with Gasteiger partial charge in [-0.25, -0.2) is 4.79 Å². The number of amides is 1. The first-order valence-electron chi connectivity index (χ1n) is 10.4. The molecule has 3 N–H and O–H groups in total. The van der Waals surface area contributed by atoms with Gasteiger partial charge in [0.05, 0.1) is 0 Å². The van der Waals surface area contributed by atoms with Crippen LogP contribution < -0.4 is 26.6 Å². The number of nitrogen functional groups attached to an aromatic ring is 1. The Kier molecular flexibility index (Phi) is 8.26. The third-order valence-corrected chi connectivity index (χ3v) is 4.95. The van der Waals surface area contributed by atoms with Crippen molar-refractivity contribution in [3.8, 4) is 5.75 Å². The molecule has 8 heteroatoms. The Hall–Kier alpha value is -3.03. The Morgan fingerprint density at radius 2 is 1.87 bits per heavy atom. The average molecular weight is 417 g/mol. The van der Waals surface area contributed by atoms with Crippen LogP contribution in [-0.2, 0) is 11.3 Å². The standard InChI is InChI=1S/C22H32N4O4/c1-5-7-11-25(18(27)14-30-17-13-15(3)9-10-16(17)4)19-20(23)26(12-8-6-2)22(29)24-21(19)28/h9-10,13H,5-8,11-12,14,23H2,1-4H3,(H,24,28,29). The molecule has 1 aromatic heterocycles. The molecule has 0 aliphatic heterocycles. The highest BCUT2D eigenvalue weighted by Crippen LogP contribution is 2.21. The Bertz CT molecular complexity index is 994. The number of H-pyrrole nitrogens is 1. The smallest absolute Gasteiger partial charge is 0.330 e. The summed E-state index contributed by atoms with van der Waals surface area (Å²) in [5.74, 6) is 0.240. The van der Waals surface area contributed by atoms with E-state index in [0.717, 1.165) is 30.4 Å². The van der Waals surface area contributed by atoms with Crippen molar-refractivity contribution in [3.63, 3.8) is 0 Å². The zero-order chi connectivity index (χ0) is 22.3. The van der Waals surface area contributed by atoms with Crippen LogP contribution in [0.15, 0.2) is 27.8 Å². The van der Waals surface area contributed by atoms with Crippen LogP contribution in [0.25, 0.3) is 0 Å². The minimum Gasteiger partial charge on any atom is -0.483 e. The number of unbranched alkanes of at least 4 members (excludes halogenated alkanes) is 2. The number of anilines is 2. The second kappa shape index (κ2) is 10.7. The third-order valence-electron chi connectivity index (χ3n) is 4.95. The molecule has 0 radical (unpaired) electrons. The molecule has 1 amide bonds. The van der Waals surface area contributed by atoms with Gasteiger partial charge in [-0.2, -0.15) is 0 Å². The lowest BCUT2D eigenvalue weighted by atomic mass is 10.1. The van der Waals surface area contributed by atoms with Gasteiger partial charge in [-0.1, -0.05) is 38.8 Å². The van der Waals surface area contributed by atoms with Gasteiger partial charge in [0.25, 0.3) is 11.5 Å². The highest BCUT2D eigenvalue weighted by atomic mass is 16.5. The SMILES string of the molecule is CCCCN(C(=O)COc1cc(C)ccc1C)c1c(N)n(CCCC)c(=O)[nH]c1=O. The van der Waals surface area contributed by atoms with Gasteiger partial charge in [0.2, 0.25) is 0 Å². The molecule has 2 aromatic rings. The fraction of sp³-hybridized carbons (Fsp3) is 0.500. The molecule has 8 nitrogen and oxygen atoms in total. The number of hydrogen-bond donors (Lipinski definition) is 2. The topological polar surface area (TPSA) is 110 Å². The van der Waals surface area contributed by atoms with Crippen molar-refractivity contribution in [2.75, 3.05) is 23.8 Å². The highest BCUT2D eigenvalue weighted by molar-refractivity contribution is 5.96. The molecular weight excluding hydrogens is 384 g/mol. The molecule has 0 saturated carbocycles. The number of aromatic amines is 1. The van der Waals surface area contributed by atoms with Crippen molar-refractivity contribution in [2.24, 2.45) is 0 Å². The maximum Gasteiger partial charge on any atom is 0.330 e. The summed E-state index contributed by atoms with van der Waals surface area (Å²) in [7, 11) is 0. The number of ether oxygens (including phenoxy) is 1. The van der Waals surface area contributed by atoms with Crippen molar-refractivity contribution in [1.82, 2.24) is 9.55 Å². The Morgan fingerprint density at radius 1 is 1.17 bits per heavy atom. The minimum atomic E-state index is -0.665. The number of aryl methyl sites for hydroxylation is 2. The summed E-state index contributed by atoms with van der Waals surface area (Å²) in [5.41, 5.74) is 6.91. The lowest BCUT2D eigenvalue weighted by Crippen LogP contribution is -2.43. The molecule has 0 bridgehead atoms. The maximum absolute atomic E-state index is 13.0. The lowest BCUT2D eigenvalue weighted by Gasteiger charge is -2.24. The van der Waals surface area contributed by atoms with Crippen LogP contribution in [-0.4, -0.2) is 28.6 Å². The van der Waals surface area contributed by atoms with E-state index in [2.05, 4.69) is 4.98 Å². The quantitative estimate of drug-likeness (QED) is 0.619. The summed E-state index contributed by atoms with van der Waals surface area (Å²) < 4.78 is 7.07. The summed E-state index contributed by atoms with van der Waals surface area (Å²) >= 11 is 0. The second-order valence-corrected chi connectivity index (χ2v) is 7.45. The van der Waals surface area contributed by atoms with E-state index in [-0.39, 0.29) is 24.0 Å². The van der Waals surface area contributed by atoms with E-state index < -0.39 is 11.2 Å². The van der Waals surface area contributed by atoms with E-state index in [1.54, 1.807) is 0 Å². The summed E-state index contributed by atoms with van der Waals surface area (Å²) in [6.45, 7) is 8.29. The normalized spacial score (nSPS) is 10.8. The van der Waals surface area contributed by atoms with Crippen LogP contribution in [0, 0.1) is 13.8 Å². The van der Waals surface area contributed by atoms with Gasteiger partial charge in [0.15, 0.2) is 12.3 Å². The Morgan fingerprint density at radius 3 is 2.53 bits per heavy atom. The molecule has 30 heavy (non-hydrogen) atoms. The molecule has 0 fully saturated rings. The number of benzene rings is 1. The van der Waals surface area contributed by atoms with Gasteiger partial charge >= 0.3 is 5.69 Å². The van der Waals surface area contributed by atoms with Gasteiger partial charge in [0.1, 0.15) is 11.6 Å².